The average Bonchev–Trinajstić information content (AvgIpc) is 2.05. The van der Waals surface area contributed by atoms with Crippen LogP contribution in [-0.2, 0) is 4.74 Å². The summed E-state index contributed by atoms with van der Waals surface area (Å²) in [5, 5.41) is 0. The molecule has 1 radical (unpaired) electrons. The van der Waals surface area contributed by atoms with Crippen molar-refractivity contribution in [2.24, 2.45) is 0 Å². The molecule has 0 heterocycles. The molecule has 0 aliphatic heterocycles. The molecule has 0 amide bonds. The summed E-state index contributed by atoms with van der Waals surface area (Å²) in [6, 6.07) is 7.84. The molecule has 0 unspecified atom stereocenters. The highest BCUT2D eigenvalue weighted by Gasteiger charge is 1.91. The van der Waals surface area contributed by atoms with Gasteiger partial charge in [0.1, 0.15) is 5.75 Å². The molecule has 0 aliphatic carbocycles. The number of benzene rings is 1. The van der Waals surface area contributed by atoms with Crippen LogP contribution in [0.2, 0.25) is 0 Å². The SMILES string of the molecule is [CH2]COCOc1cccc(C)c1. The number of rotatable bonds is 4. The lowest BCUT2D eigenvalue weighted by Crippen LogP contribution is -2.01. The first-order valence-corrected chi connectivity index (χ1v) is 3.89. The van der Waals surface area contributed by atoms with Crippen molar-refractivity contribution >= 4 is 0 Å². The van der Waals surface area contributed by atoms with Gasteiger partial charge in [0.05, 0.1) is 6.61 Å². The lowest BCUT2D eigenvalue weighted by Gasteiger charge is -2.05. The lowest BCUT2D eigenvalue weighted by molar-refractivity contribution is 0.0298. The summed E-state index contributed by atoms with van der Waals surface area (Å²) in [5.41, 5.74) is 1.18. The summed E-state index contributed by atoms with van der Waals surface area (Å²) in [4.78, 5) is 0. The summed E-state index contributed by atoms with van der Waals surface area (Å²) in [6.07, 6.45) is 0. The third-order valence-electron chi connectivity index (χ3n) is 1.44. The minimum Gasteiger partial charge on any atom is -0.468 e. The predicted octanol–water partition coefficient (Wildman–Crippen LogP) is 2.18. The lowest BCUT2D eigenvalue weighted by atomic mass is 10.2. The zero-order valence-corrected chi connectivity index (χ0v) is 7.25. The van der Waals surface area contributed by atoms with Crippen molar-refractivity contribution in [3.8, 4) is 5.75 Å². The van der Waals surface area contributed by atoms with Gasteiger partial charge in [0.15, 0.2) is 6.79 Å². The van der Waals surface area contributed by atoms with Crippen molar-refractivity contribution < 1.29 is 9.47 Å². The van der Waals surface area contributed by atoms with E-state index in [1.165, 1.54) is 5.56 Å². The molecule has 1 aromatic rings. The Morgan fingerprint density at radius 3 is 2.92 bits per heavy atom. The van der Waals surface area contributed by atoms with Gasteiger partial charge in [-0.1, -0.05) is 12.1 Å². The Kier molecular flexibility index (Phi) is 3.61. The molecule has 0 atom stereocenters. The molecule has 0 spiro atoms. The van der Waals surface area contributed by atoms with Crippen molar-refractivity contribution in [1.29, 1.82) is 0 Å². The second-order valence-electron chi connectivity index (χ2n) is 2.49. The summed E-state index contributed by atoms with van der Waals surface area (Å²) < 4.78 is 10.2. The normalized spacial score (nSPS) is 9.83. The van der Waals surface area contributed by atoms with E-state index in [0.717, 1.165) is 5.75 Å². The van der Waals surface area contributed by atoms with Gasteiger partial charge in [0.25, 0.3) is 0 Å². The topological polar surface area (TPSA) is 18.5 Å². The molecule has 12 heavy (non-hydrogen) atoms. The molecule has 2 heteroatoms. The highest BCUT2D eigenvalue weighted by atomic mass is 16.7. The molecule has 1 aromatic carbocycles. The van der Waals surface area contributed by atoms with Crippen LogP contribution < -0.4 is 4.74 Å². The summed E-state index contributed by atoms with van der Waals surface area (Å²) in [5.74, 6) is 0.837. The van der Waals surface area contributed by atoms with E-state index in [4.69, 9.17) is 9.47 Å². The predicted molar refractivity (Wildman–Crippen MR) is 48.0 cm³/mol. The fraction of sp³-hybridized carbons (Fsp3) is 0.300. The monoisotopic (exact) mass is 165 g/mol. The van der Waals surface area contributed by atoms with Crippen LogP contribution in [0.15, 0.2) is 24.3 Å². The fourth-order valence-electron chi connectivity index (χ4n) is 0.874. The van der Waals surface area contributed by atoms with E-state index < -0.39 is 0 Å². The van der Waals surface area contributed by atoms with E-state index in [2.05, 4.69) is 6.92 Å². The maximum Gasteiger partial charge on any atom is 0.189 e. The Bertz CT molecular complexity index is 233. The second-order valence-corrected chi connectivity index (χ2v) is 2.49. The number of hydrogen-bond acceptors (Lipinski definition) is 2. The Balaban J connectivity index is 2.41. The van der Waals surface area contributed by atoms with E-state index in [1.54, 1.807) is 0 Å². The third kappa shape index (κ3) is 2.93. The van der Waals surface area contributed by atoms with Gasteiger partial charge >= 0.3 is 0 Å². The number of ether oxygens (including phenoxy) is 2. The molecule has 0 bridgehead atoms. The van der Waals surface area contributed by atoms with Crippen LogP contribution in [0.25, 0.3) is 0 Å². The smallest absolute Gasteiger partial charge is 0.189 e. The van der Waals surface area contributed by atoms with Gasteiger partial charge < -0.3 is 9.47 Å². The summed E-state index contributed by atoms with van der Waals surface area (Å²) in [7, 11) is 0. The Hall–Kier alpha value is -1.02. The van der Waals surface area contributed by atoms with Gasteiger partial charge in [-0.15, -0.1) is 0 Å². The zero-order valence-electron chi connectivity index (χ0n) is 7.25. The molecule has 0 fully saturated rings. The molecule has 1 rings (SSSR count). The van der Waals surface area contributed by atoms with Crippen molar-refractivity contribution in [2.45, 2.75) is 6.92 Å². The molecule has 0 aromatic heterocycles. The average molecular weight is 165 g/mol. The van der Waals surface area contributed by atoms with Crippen LogP contribution in [-0.4, -0.2) is 13.4 Å². The number of aryl methyl sites for hydroxylation is 1. The molecule has 2 nitrogen and oxygen atoms in total. The first-order valence-electron chi connectivity index (χ1n) is 3.89. The highest BCUT2D eigenvalue weighted by molar-refractivity contribution is 5.27. The fourth-order valence-corrected chi connectivity index (χ4v) is 0.874. The van der Waals surface area contributed by atoms with Crippen molar-refractivity contribution in [2.75, 3.05) is 13.4 Å². The highest BCUT2D eigenvalue weighted by Crippen LogP contribution is 2.11. The van der Waals surface area contributed by atoms with Crippen LogP contribution in [0, 0.1) is 13.8 Å². The van der Waals surface area contributed by atoms with E-state index in [9.17, 15) is 0 Å². The van der Waals surface area contributed by atoms with E-state index in [1.807, 2.05) is 31.2 Å². The van der Waals surface area contributed by atoms with Crippen LogP contribution in [0.1, 0.15) is 5.56 Å². The minimum atomic E-state index is 0.271. The number of hydrogen-bond donors (Lipinski definition) is 0. The molecule has 0 aliphatic rings. The van der Waals surface area contributed by atoms with E-state index in [-0.39, 0.29) is 6.79 Å². The summed E-state index contributed by atoms with van der Waals surface area (Å²) in [6.45, 7) is 6.26. The maximum atomic E-state index is 5.26. The van der Waals surface area contributed by atoms with Gasteiger partial charge in [-0.3, -0.25) is 0 Å². The Morgan fingerprint density at radius 1 is 1.42 bits per heavy atom. The Morgan fingerprint density at radius 2 is 2.25 bits per heavy atom. The molecule has 0 N–H and O–H groups in total. The first-order chi connectivity index (χ1) is 5.83. The summed E-state index contributed by atoms with van der Waals surface area (Å²) >= 11 is 0. The van der Waals surface area contributed by atoms with Crippen LogP contribution in [0.5, 0.6) is 5.75 Å². The largest absolute Gasteiger partial charge is 0.468 e. The van der Waals surface area contributed by atoms with E-state index in [0.29, 0.717) is 6.61 Å². The van der Waals surface area contributed by atoms with Gasteiger partial charge in [0.2, 0.25) is 0 Å². The molecular weight excluding hydrogens is 152 g/mol. The quantitative estimate of drug-likeness (QED) is 0.503. The van der Waals surface area contributed by atoms with Crippen LogP contribution >= 0.6 is 0 Å². The van der Waals surface area contributed by atoms with Crippen molar-refractivity contribution in [3.05, 3.63) is 36.8 Å². The minimum absolute atomic E-state index is 0.271. The molecule has 0 saturated heterocycles. The molecule has 0 saturated carbocycles. The van der Waals surface area contributed by atoms with Gasteiger partial charge in [-0.25, -0.2) is 0 Å². The third-order valence-corrected chi connectivity index (χ3v) is 1.44. The van der Waals surface area contributed by atoms with E-state index >= 15 is 0 Å². The van der Waals surface area contributed by atoms with Gasteiger partial charge in [-0.2, -0.15) is 0 Å². The maximum absolute atomic E-state index is 5.26. The van der Waals surface area contributed by atoms with Crippen molar-refractivity contribution in [3.63, 3.8) is 0 Å². The van der Waals surface area contributed by atoms with Gasteiger partial charge in [-0.05, 0) is 31.5 Å². The van der Waals surface area contributed by atoms with Gasteiger partial charge in [0, 0.05) is 0 Å². The van der Waals surface area contributed by atoms with Crippen LogP contribution in [0.4, 0.5) is 0 Å². The molecule has 65 valence electrons. The van der Waals surface area contributed by atoms with Crippen LogP contribution in [0.3, 0.4) is 0 Å². The Labute approximate surface area is 73.1 Å². The second kappa shape index (κ2) is 4.78. The zero-order chi connectivity index (χ0) is 8.81. The molecular formula is C10H13O2. The van der Waals surface area contributed by atoms with Crippen molar-refractivity contribution in [1.82, 2.24) is 0 Å². The first kappa shape index (κ1) is 9.07. The standard InChI is InChI=1S/C10H13O2/c1-3-11-8-12-10-6-4-5-9(2)7-10/h4-7H,1,3,8H2,2H3.